The molecule has 9 heteroatoms. The van der Waals surface area contributed by atoms with Gasteiger partial charge in [-0.25, -0.2) is 13.2 Å². The van der Waals surface area contributed by atoms with Crippen molar-refractivity contribution in [2.75, 3.05) is 19.7 Å². The minimum Gasteiger partial charge on any atom is -0.481 e. The maximum atomic E-state index is 12.9. The molecule has 1 aliphatic heterocycles. The highest BCUT2D eigenvalue weighted by Crippen LogP contribution is 2.30. The number of carbonyl (C=O) groups excluding carboxylic acids is 1. The Balaban J connectivity index is 1.91. The van der Waals surface area contributed by atoms with Crippen molar-refractivity contribution in [1.82, 2.24) is 4.31 Å². The minimum absolute atomic E-state index is 0.0590. The summed E-state index contributed by atoms with van der Waals surface area (Å²) in [6.45, 7) is 3.90. The lowest BCUT2D eigenvalue weighted by molar-refractivity contribution is -0.142. The van der Waals surface area contributed by atoms with Gasteiger partial charge in [0.2, 0.25) is 15.8 Å². The average Bonchev–Trinajstić information content (AvgIpc) is 2.98. The van der Waals surface area contributed by atoms with Crippen LogP contribution in [0, 0.1) is 12.8 Å². The quantitative estimate of drug-likeness (QED) is 0.773. The Morgan fingerprint density at radius 2 is 1.96 bits per heavy atom. The van der Waals surface area contributed by atoms with Gasteiger partial charge in [-0.05, 0) is 44.9 Å². The molecule has 0 amide bonds. The second-order valence-corrected chi connectivity index (χ2v) is 8.39. The number of ether oxygens (including phenoxy) is 1. The predicted octanol–water partition coefficient (Wildman–Crippen LogP) is 2.40. The molecule has 0 saturated carbocycles. The topological polar surface area (TPSA) is 114 Å². The number of aryl methyl sites for hydroxylation is 1. The van der Waals surface area contributed by atoms with Crippen LogP contribution < -0.4 is 0 Å². The third-order valence-corrected chi connectivity index (χ3v) is 6.70. The van der Waals surface area contributed by atoms with E-state index < -0.39 is 27.9 Å². The molecule has 3 rings (SSSR count). The van der Waals surface area contributed by atoms with E-state index in [2.05, 4.69) is 0 Å². The highest BCUT2D eigenvalue weighted by Gasteiger charge is 2.32. The van der Waals surface area contributed by atoms with E-state index in [1.165, 1.54) is 22.5 Å². The van der Waals surface area contributed by atoms with Gasteiger partial charge < -0.3 is 14.3 Å². The maximum Gasteiger partial charge on any atom is 0.374 e. The summed E-state index contributed by atoms with van der Waals surface area (Å²) in [4.78, 5) is 23.1. The first-order chi connectivity index (χ1) is 12.8. The largest absolute Gasteiger partial charge is 0.481 e. The molecule has 1 aromatic carbocycles. The fraction of sp³-hybridized carbons (Fsp3) is 0.444. The zero-order chi connectivity index (χ0) is 19.8. The molecule has 0 radical (unpaired) electrons. The Morgan fingerprint density at radius 1 is 1.30 bits per heavy atom. The number of aliphatic carboxylic acids is 1. The maximum absolute atomic E-state index is 12.9. The van der Waals surface area contributed by atoms with Crippen molar-refractivity contribution in [2.24, 2.45) is 5.92 Å². The summed E-state index contributed by atoms with van der Waals surface area (Å²) in [7, 11) is -3.76. The standard InChI is InChI=1S/C18H21NO7S/c1-3-25-18(22)16-11(2)14-10-13(4-5-15(14)26-16)27(23,24)19-8-6-12(7-9-19)17(20)21/h4-5,10,12H,3,6-9H2,1-2H3,(H,20,21). The number of piperidine rings is 1. The van der Waals surface area contributed by atoms with Crippen molar-refractivity contribution in [3.63, 3.8) is 0 Å². The van der Waals surface area contributed by atoms with Gasteiger partial charge in [0.1, 0.15) is 5.58 Å². The number of carboxylic acid groups (broad SMARTS) is 1. The number of esters is 1. The van der Waals surface area contributed by atoms with Crippen LogP contribution in [0.4, 0.5) is 0 Å². The van der Waals surface area contributed by atoms with E-state index >= 15 is 0 Å². The third kappa shape index (κ3) is 3.57. The van der Waals surface area contributed by atoms with Gasteiger partial charge in [0, 0.05) is 24.0 Å². The first-order valence-corrected chi connectivity index (χ1v) is 10.1. The number of benzene rings is 1. The van der Waals surface area contributed by atoms with Crippen LogP contribution in [-0.4, -0.2) is 49.5 Å². The molecule has 0 aliphatic carbocycles. The van der Waals surface area contributed by atoms with Crippen molar-refractivity contribution in [2.45, 2.75) is 31.6 Å². The summed E-state index contributed by atoms with van der Waals surface area (Å²) < 4.78 is 37.6. The molecule has 1 saturated heterocycles. The summed E-state index contributed by atoms with van der Waals surface area (Å²) in [6.07, 6.45) is 0.573. The molecule has 2 aromatic rings. The number of rotatable bonds is 5. The molecule has 1 fully saturated rings. The summed E-state index contributed by atoms with van der Waals surface area (Å²) in [6, 6.07) is 4.43. The summed E-state index contributed by atoms with van der Waals surface area (Å²) in [5.41, 5.74) is 0.921. The van der Waals surface area contributed by atoms with E-state index in [0.717, 1.165) is 0 Å². The lowest BCUT2D eigenvalue weighted by Gasteiger charge is -2.29. The van der Waals surface area contributed by atoms with Gasteiger partial charge in [0.15, 0.2) is 0 Å². The van der Waals surface area contributed by atoms with Crippen LogP contribution in [0.5, 0.6) is 0 Å². The SMILES string of the molecule is CCOC(=O)c1oc2ccc(S(=O)(=O)N3CCC(C(=O)O)CC3)cc2c1C. The summed E-state index contributed by atoms with van der Waals surface area (Å²) in [5, 5.41) is 9.59. The molecule has 2 heterocycles. The van der Waals surface area contributed by atoms with E-state index in [0.29, 0.717) is 16.5 Å². The number of fused-ring (bicyclic) bond motifs is 1. The van der Waals surface area contributed by atoms with Crippen LogP contribution in [0.2, 0.25) is 0 Å². The summed E-state index contributed by atoms with van der Waals surface area (Å²) in [5.74, 6) is -1.94. The Kier molecular flexibility index (Phi) is 5.25. The number of carbonyl (C=O) groups is 2. The van der Waals surface area contributed by atoms with Crippen LogP contribution in [0.25, 0.3) is 11.0 Å². The molecular formula is C18H21NO7S. The molecule has 1 N–H and O–H groups in total. The summed E-state index contributed by atoms with van der Waals surface area (Å²) >= 11 is 0. The predicted molar refractivity (Wildman–Crippen MR) is 96.0 cm³/mol. The molecule has 0 atom stereocenters. The van der Waals surface area contributed by atoms with E-state index in [4.69, 9.17) is 14.3 Å². The molecule has 1 aliphatic rings. The van der Waals surface area contributed by atoms with Crippen LogP contribution in [0.1, 0.15) is 35.9 Å². The third-order valence-electron chi connectivity index (χ3n) is 4.81. The Bertz CT molecular complexity index is 985. The van der Waals surface area contributed by atoms with Gasteiger partial charge >= 0.3 is 11.9 Å². The van der Waals surface area contributed by atoms with E-state index in [1.54, 1.807) is 13.8 Å². The number of sulfonamides is 1. The van der Waals surface area contributed by atoms with Gasteiger partial charge in [0.05, 0.1) is 17.4 Å². The molecule has 27 heavy (non-hydrogen) atoms. The average molecular weight is 395 g/mol. The first kappa shape index (κ1) is 19.4. The lowest BCUT2D eigenvalue weighted by atomic mass is 9.99. The fourth-order valence-corrected chi connectivity index (χ4v) is 4.74. The Hall–Kier alpha value is -2.39. The second-order valence-electron chi connectivity index (χ2n) is 6.45. The van der Waals surface area contributed by atoms with Crippen molar-refractivity contribution in [3.05, 3.63) is 29.5 Å². The van der Waals surface area contributed by atoms with Crippen molar-refractivity contribution < 1.29 is 32.3 Å². The van der Waals surface area contributed by atoms with Crippen LogP contribution in [0.15, 0.2) is 27.5 Å². The van der Waals surface area contributed by atoms with Gasteiger partial charge in [-0.15, -0.1) is 0 Å². The lowest BCUT2D eigenvalue weighted by Crippen LogP contribution is -2.40. The van der Waals surface area contributed by atoms with Crippen molar-refractivity contribution in [1.29, 1.82) is 0 Å². The molecular weight excluding hydrogens is 374 g/mol. The smallest absolute Gasteiger partial charge is 0.374 e. The molecule has 0 unspecified atom stereocenters. The van der Waals surface area contributed by atoms with Gasteiger partial charge in [-0.3, -0.25) is 4.79 Å². The Labute approximate surface area is 156 Å². The second kappa shape index (κ2) is 7.32. The fourth-order valence-electron chi connectivity index (χ4n) is 3.24. The first-order valence-electron chi connectivity index (χ1n) is 8.69. The van der Waals surface area contributed by atoms with Crippen LogP contribution >= 0.6 is 0 Å². The number of carboxylic acids is 1. The number of hydrogen-bond donors (Lipinski definition) is 1. The van der Waals surface area contributed by atoms with E-state index in [-0.39, 0.29) is 43.2 Å². The Morgan fingerprint density at radius 3 is 2.56 bits per heavy atom. The zero-order valence-corrected chi connectivity index (χ0v) is 15.9. The minimum atomic E-state index is -3.76. The van der Waals surface area contributed by atoms with Gasteiger partial charge in [0.25, 0.3) is 0 Å². The zero-order valence-electron chi connectivity index (χ0n) is 15.1. The highest BCUT2D eigenvalue weighted by molar-refractivity contribution is 7.89. The number of furan rings is 1. The number of hydrogen-bond acceptors (Lipinski definition) is 6. The molecule has 0 spiro atoms. The molecule has 1 aromatic heterocycles. The number of nitrogens with zero attached hydrogens (tertiary/aromatic N) is 1. The van der Waals surface area contributed by atoms with E-state index in [1.807, 2.05) is 0 Å². The molecule has 0 bridgehead atoms. The van der Waals surface area contributed by atoms with Crippen molar-refractivity contribution in [3.8, 4) is 0 Å². The van der Waals surface area contributed by atoms with Crippen molar-refractivity contribution >= 4 is 32.9 Å². The normalized spacial score (nSPS) is 16.5. The van der Waals surface area contributed by atoms with E-state index in [9.17, 15) is 18.0 Å². The monoisotopic (exact) mass is 395 g/mol. The molecule has 146 valence electrons. The highest BCUT2D eigenvalue weighted by atomic mass is 32.2. The van der Waals surface area contributed by atoms with Crippen LogP contribution in [-0.2, 0) is 19.6 Å². The van der Waals surface area contributed by atoms with Gasteiger partial charge in [-0.1, -0.05) is 0 Å². The van der Waals surface area contributed by atoms with Gasteiger partial charge in [-0.2, -0.15) is 4.31 Å². The molecule has 8 nitrogen and oxygen atoms in total. The van der Waals surface area contributed by atoms with Crippen LogP contribution in [0.3, 0.4) is 0 Å².